The Morgan fingerprint density at radius 3 is 2.47 bits per heavy atom. The van der Waals surface area contributed by atoms with Crippen molar-refractivity contribution in [2.24, 2.45) is 0 Å². The molecule has 0 unspecified atom stereocenters. The van der Waals surface area contributed by atoms with Crippen LogP contribution in [-0.4, -0.2) is 45.3 Å². The number of para-hydroxylation sites is 1. The number of urea groups is 1. The number of nitrogens with zero attached hydrogens (tertiary/aromatic N) is 4. The Labute approximate surface area is 205 Å². The SMILES string of the molecule is CS(=O)(=O)OCc1cccc(N2C(=O)N(c3ccccc3Br)Cc3cnc(S(C)(=O)=O)nc32)c1. The highest BCUT2D eigenvalue weighted by Crippen LogP contribution is 2.38. The molecule has 13 heteroatoms. The van der Waals surface area contributed by atoms with Gasteiger partial charge in [0.15, 0.2) is 5.82 Å². The van der Waals surface area contributed by atoms with Gasteiger partial charge in [-0.1, -0.05) is 24.3 Å². The maximum absolute atomic E-state index is 13.7. The number of carbonyl (C=O) groups is 1. The number of aromatic nitrogens is 2. The molecule has 178 valence electrons. The monoisotopic (exact) mass is 566 g/mol. The normalized spacial score (nSPS) is 14.3. The molecular formula is C21H19BrN4O6S2. The smallest absolute Gasteiger partial charge is 0.288 e. The predicted molar refractivity (Wildman–Crippen MR) is 129 cm³/mol. The van der Waals surface area contributed by atoms with Gasteiger partial charge >= 0.3 is 6.03 Å². The lowest BCUT2D eigenvalue weighted by Gasteiger charge is -2.36. The molecule has 4 rings (SSSR count). The lowest BCUT2D eigenvalue weighted by molar-refractivity contribution is 0.252. The molecule has 1 aliphatic heterocycles. The summed E-state index contributed by atoms with van der Waals surface area (Å²) in [5.74, 6) is 0.130. The first-order chi connectivity index (χ1) is 15.9. The molecule has 2 heterocycles. The van der Waals surface area contributed by atoms with Crippen LogP contribution >= 0.6 is 15.9 Å². The van der Waals surface area contributed by atoms with Crippen molar-refractivity contribution in [3.05, 3.63) is 70.3 Å². The van der Waals surface area contributed by atoms with Crippen LogP contribution in [0.4, 0.5) is 22.0 Å². The van der Waals surface area contributed by atoms with Crippen LogP contribution in [0.15, 0.2) is 64.4 Å². The number of sulfone groups is 1. The minimum Gasteiger partial charge on any atom is -0.288 e. The molecule has 0 saturated carbocycles. The van der Waals surface area contributed by atoms with Gasteiger partial charge in [0.1, 0.15) is 0 Å². The van der Waals surface area contributed by atoms with Crippen LogP contribution in [0.1, 0.15) is 11.1 Å². The fourth-order valence-electron chi connectivity index (χ4n) is 3.37. The van der Waals surface area contributed by atoms with Gasteiger partial charge in [-0.15, -0.1) is 0 Å². The van der Waals surface area contributed by atoms with Crippen molar-refractivity contribution in [2.45, 2.75) is 18.3 Å². The van der Waals surface area contributed by atoms with Crippen LogP contribution in [0, 0.1) is 0 Å². The minimum absolute atomic E-state index is 0.119. The van der Waals surface area contributed by atoms with E-state index in [-0.39, 0.29) is 19.0 Å². The van der Waals surface area contributed by atoms with E-state index in [2.05, 4.69) is 25.9 Å². The van der Waals surface area contributed by atoms with Crippen molar-refractivity contribution < 1.29 is 25.8 Å². The Kier molecular flexibility index (Phi) is 6.46. The molecule has 10 nitrogen and oxygen atoms in total. The van der Waals surface area contributed by atoms with Crippen molar-refractivity contribution in [2.75, 3.05) is 22.3 Å². The summed E-state index contributed by atoms with van der Waals surface area (Å²) in [4.78, 5) is 24.7. The van der Waals surface area contributed by atoms with E-state index in [1.807, 2.05) is 6.07 Å². The molecule has 0 aliphatic carbocycles. The molecule has 0 bridgehead atoms. The molecule has 1 aliphatic rings. The molecule has 3 aromatic rings. The predicted octanol–water partition coefficient (Wildman–Crippen LogP) is 3.40. The first kappa shape index (κ1) is 24.3. The van der Waals surface area contributed by atoms with Gasteiger partial charge in [-0.2, -0.15) is 13.4 Å². The van der Waals surface area contributed by atoms with Gasteiger partial charge < -0.3 is 0 Å². The summed E-state index contributed by atoms with van der Waals surface area (Å²) < 4.78 is 52.5. The highest BCUT2D eigenvalue weighted by atomic mass is 79.9. The van der Waals surface area contributed by atoms with Crippen LogP contribution in [0.25, 0.3) is 0 Å². The molecule has 0 fully saturated rings. The van der Waals surface area contributed by atoms with Gasteiger partial charge in [0, 0.05) is 22.5 Å². The third-order valence-electron chi connectivity index (χ3n) is 4.87. The molecule has 2 aromatic carbocycles. The average Bonchev–Trinajstić information content (AvgIpc) is 2.76. The zero-order chi connectivity index (χ0) is 24.7. The lowest BCUT2D eigenvalue weighted by atomic mass is 10.1. The summed E-state index contributed by atoms with van der Waals surface area (Å²) in [6.45, 7) is -0.109. The molecule has 0 atom stereocenters. The molecule has 0 N–H and O–H groups in total. The van der Waals surface area contributed by atoms with Gasteiger partial charge in [0.2, 0.25) is 15.0 Å². The van der Waals surface area contributed by atoms with E-state index in [4.69, 9.17) is 4.18 Å². The van der Waals surface area contributed by atoms with Crippen LogP contribution in [0.3, 0.4) is 0 Å². The molecule has 0 radical (unpaired) electrons. The molecule has 2 amide bonds. The summed E-state index contributed by atoms with van der Waals surface area (Å²) >= 11 is 3.47. The van der Waals surface area contributed by atoms with Gasteiger partial charge in [0.05, 0.1) is 30.8 Å². The Morgan fingerprint density at radius 2 is 1.79 bits per heavy atom. The van der Waals surface area contributed by atoms with E-state index in [0.717, 1.165) is 12.5 Å². The summed E-state index contributed by atoms with van der Waals surface area (Å²) in [5, 5.41) is -0.407. The second kappa shape index (κ2) is 9.06. The fraction of sp³-hybridized carbons (Fsp3) is 0.190. The molecule has 0 spiro atoms. The number of anilines is 3. The standard InChI is InChI=1S/C21H19BrN4O6S2/c1-33(28,29)20-23-11-15-12-25(18-9-4-3-8-17(18)22)21(27)26(19(15)24-20)16-7-5-6-14(10-16)13-32-34(2,30)31/h3-11H,12-13H2,1-2H3. The summed E-state index contributed by atoms with van der Waals surface area (Å²) in [5.41, 5.74) is 1.98. The van der Waals surface area contributed by atoms with Gasteiger partial charge in [-0.25, -0.2) is 23.1 Å². The van der Waals surface area contributed by atoms with Crippen molar-refractivity contribution in [1.82, 2.24) is 9.97 Å². The van der Waals surface area contributed by atoms with E-state index in [1.165, 1.54) is 16.0 Å². The third kappa shape index (κ3) is 5.12. The summed E-state index contributed by atoms with van der Waals surface area (Å²) in [6, 6.07) is 13.2. The quantitative estimate of drug-likeness (QED) is 0.328. The van der Waals surface area contributed by atoms with E-state index < -0.39 is 31.1 Å². The van der Waals surface area contributed by atoms with Crippen LogP contribution in [0.2, 0.25) is 0 Å². The first-order valence-electron chi connectivity index (χ1n) is 9.79. The average molecular weight is 567 g/mol. The van der Waals surface area contributed by atoms with Crippen molar-refractivity contribution >= 4 is 59.1 Å². The Balaban J connectivity index is 1.86. The number of rotatable bonds is 6. The Morgan fingerprint density at radius 1 is 1.06 bits per heavy atom. The van der Waals surface area contributed by atoms with Gasteiger partial charge in [-0.3, -0.25) is 9.08 Å². The number of fused-ring (bicyclic) bond motifs is 1. The number of halogens is 1. The van der Waals surface area contributed by atoms with Crippen LogP contribution < -0.4 is 9.80 Å². The number of hydrogen-bond acceptors (Lipinski definition) is 8. The largest absolute Gasteiger partial charge is 0.335 e. The third-order valence-corrected chi connectivity index (χ3v) is 6.94. The van der Waals surface area contributed by atoms with Crippen molar-refractivity contribution in [1.29, 1.82) is 0 Å². The van der Waals surface area contributed by atoms with E-state index >= 15 is 0 Å². The summed E-state index contributed by atoms with van der Waals surface area (Å²) in [7, 11) is -7.41. The van der Waals surface area contributed by atoms with E-state index in [0.29, 0.717) is 27.0 Å². The number of amides is 2. The van der Waals surface area contributed by atoms with Crippen molar-refractivity contribution in [3.8, 4) is 0 Å². The van der Waals surface area contributed by atoms with Crippen molar-refractivity contribution in [3.63, 3.8) is 0 Å². The number of hydrogen-bond donors (Lipinski definition) is 0. The number of carbonyl (C=O) groups excluding carboxylic acids is 1. The van der Waals surface area contributed by atoms with Gasteiger partial charge in [0.25, 0.3) is 10.1 Å². The second-order valence-corrected chi connectivity index (χ2v) is 12.0. The maximum atomic E-state index is 13.7. The topological polar surface area (TPSA) is 127 Å². The van der Waals surface area contributed by atoms with Crippen LogP contribution in [-0.2, 0) is 37.3 Å². The second-order valence-electron chi connectivity index (χ2n) is 7.57. The van der Waals surface area contributed by atoms with Crippen LogP contribution in [0.5, 0.6) is 0 Å². The molecule has 34 heavy (non-hydrogen) atoms. The fourth-order valence-corrected chi connectivity index (χ4v) is 4.71. The summed E-state index contributed by atoms with van der Waals surface area (Å²) in [6.07, 6.45) is 3.32. The Bertz CT molecular complexity index is 1490. The molecular weight excluding hydrogens is 548 g/mol. The molecule has 0 saturated heterocycles. The first-order valence-corrected chi connectivity index (χ1v) is 14.3. The highest BCUT2D eigenvalue weighted by molar-refractivity contribution is 9.10. The van der Waals surface area contributed by atoms with E-state index in [1.54, 1.807) is 42.5 Å². The highest BCUT2D eigenvalue weighted by Gasteiger charge is 2.35. The zero-order valence-corrected chi connectivity index (χ0v) is 21.3. The maximum Gasteiger partial charge on any atom is 0.335 e. The minimum atomic E-state index is -3.73. The van der Waals surface area contributed by atoms with E-state index in [9.17, 15) is 21.6 Å². The molecule has 1 aromatic heterocycles. The van der Waals surface area contributed by atoms with Gasteiger partial charge in [-0.05, 0) is 45.8 Å². The zero-order valence-electron chi connectivity index (χ0n) is 18.0. The number of benzene rings is 2. The Hall–Kier alpha value is -2.87. The lowest BCUT2D eigenvalue weighted by Crippen LogP contribution is -2.45.